The first-order chi connectivity index (χ1) is 7.98. The van der Waals surface area contributed by atoms with E-state index in [1.807, 2.05) is 0 Å². The van der Waals surface area contributed by atoms with E-state index in [1.54, 1.807) is 0 Å². The average Bonchev–Trinajstić information content (AvgIpc) is 2.29. The zero-order chi connectivity index (χ0) is 12.5. The van der Waals surface area contributed by atoms with Gasteiger partial charge in [-0.3, -0.25) is 4.98 Å². The van der Waals surface area contributed by atoms with Gasteiger partial charge in [0, 0.05) is 29.7 Å². The summed E-state index contributed by atoms with van der Waals surface area (Å²) >= 11 is 0. The van der Waals surface area contributed by atoms with E-state index >= 15 is 0 Å². The van der Waals surface area contributed by atoms with Crippen LogP contribution in [0.25, 0.3) is 11.1 Å². The van der Waals surface area contributed by atoms with E-state index in [9.17, 15) is 13.2 Å². The van der Waals surface area contributed by atoms with Crippen LogP contribution in [0.5, 0.6) is 0 Å². The molecule has 0 atom stereocenters. The summed E-state index contributed by atoms with van der Waals surface area (Å²) in [6.07, 6.45) is -0.853. The Balaban J connectivity index is 2.56. The zero-order valence-electron chi connectivity index (χ0n) is 8.57. The molecule has 0 aromatic carbocycles. The summed E-state index contributed by atoms with van der Waals surface area (Å²) in [6, 6.07) is 3.86. The van der Waals surface area contributed by atoms with Crippen molar-refractivity contribution in [1.82, 2.24) is 9.97 Å². The highest BCUT2D eigenvalue weighted by Crippen LogP contribution is 2.36. The number of anilines is 1. The number of aromatic nitrogens is 2. The fourth-order valence-corrected chi connectivity index (χ4v) is 1.44. The van der Waals surface area contributed by atoms with Gasteiger partial charge in [0.2, 0.25) is 0 Å². The topological polar surface area (TPSA) is 51.8 Å². The van der Waals surface area contributed by atoms with Crippen molar-refractivity contribution >= 4 is 5.82 Å². The summed E-state index contributed by atoms with van der Waals surface area (Å²) in [5.74, 6) is 0.256. The van der Waals surface area contributed by atoms with Crippen molar-refractivity contribution in [3.05, 3.63) is 42.4 Å². The number of nitrogens with zero attached hydrogens (tertiary/aromatic N) is 2. The van der Waals surface area contributed by atoms with Crippen molar-refractivity contribution in [2.75, 3.05) is 5.73 Å². The molecule has 6 heteroatoms. The van der Waals surface area contributed by atoms with Crippen LogP contribution in [0.4, 0.5) is 19.0 Å². The molecule has 2 heterocycles. The summed E-state index contributed by atoms with van der Waals surface area (Å²) in [6.45, 7) is 0. The van der Waals surface area contributed by atoms with E-state index in [-0.39, 0.29) is 11.4 Å². The third kappa shape index (κ3) is 2.35. The fraction of sp³-hybridized carbons (Fsp3) is 0.0909. The van der Waals surface area contributed by atoms with Gasteiger partial charge in [-0.1, -0.05) is 0 Å². The summed E-state index contributed by atoms with van der Waals surface area (Å²) in [5, 5.41) is 0. The normalized spacial score (nSPS) is 11.5. The Hall–Kier alpha value is -2.11. The molecule has 2 N–H and O–H groups in total. The molecule has 0 amide bonds. The van der Waals surface area contributed by atoms with Crippen LogP contribution in [-0.4, -0.2) is 9.97 Å². The number of hydrogen-bond acceptors (Lipinski definition) is 3. The minimum absolute atomic E-state index is 0.00694. The largest absolute Gasteiger partial charge is 0.417 e. The lowest BCUT2D eigenvalue weighted by atomic mass is 10.0. The van der Waals surface area contributed by atoms with E-state index in [1.165, 1.54) is 18.3 Å². The lowest BCUT2D eigenvalue weighted by Gasteiger charge is -2.11. The highest BCUT2D eigenvalue weighted by Gasteiger charge is 2.33. The quantitative estimate of drug-likeness (QED) is 0.832. The van der Waals surface area contributed by atoms with Gasteiger partial charge in [0.1, 0.15) is 5.82 Å². The second kappa shape index (κ2) is 4.04. The number of hydrogen-bond donors (Lipinski definition) is 1. The molecule has 0 spiro atoms. The molecule has 0 aliphatic heterocycles. The number of rotatable bonds is 1. The number of nitrogen functional groups attached to an aromatic ring is 1. The number of nitrogens with two attached hydrogens (primary N) is 1. The second-order valence-electron chi connectivity index (χ2n) is 3.39. The van der Waals surface area contributed by atoms with E-state index in [2.05, 4.69) is 9.97 Å². The molecule has 0 aliphatic rings. The van der Waals surface area contributed by atoms with E-state index in [0.29, 0.717) is 5.56 Å². The molecular weight excluding hydrogens is 231 g/mol. The van der Waals surface area contributed by atoms with Gasteiger partial charge in [0.05, 0.1) is 5.56 Å². The molecule has 2 aromatic heterocycles. The third-order valence-electron chi connectivity index (χ3n) is 2.22. The molecule has 17 heavy (non-hydrogen) atoms. The molecule has 0 saturated carbocycles. The Morgan fingerprint density at radius 3 is 2.41 bits per heavy atom. The van der Waals surface area contributed by atoms with Gasteiger partial charge in [-0.05, 0) is 18.2 Å². The molecule has 0 unspecified atom stereocenters. The first kappa shape index (κ1) is 11.4. The van der Waals surface area contributed by atoms with Gasteiger partial charge in [-0.15, -0.1) is 0 Å². The zero-order valence-corrected chi connectivity index (χ0v) is 8.57. The van der Waals surface area contributed by atoms with Gasteiger partial charge in [0.25, 0.3) is 0 Å². The predicted octanol–water partition coefficient (Wildman–Crippen LogP) is 2.74. The highest BCUT2D eigenvalue weighted by molar-refractivity contribution is 5.66. The van der Waals surface area contributed by atoms with Crippen LogP contribution >= 0.6 is 0 Å². The number of pyridine rings is 2. The monoisotopic (exact) mass is 239 g/mol. The predicted molar refractivity (Wildman–Crippen MR) is 56.9 cm³/mol. The minimum atomic E-state index is -4.42. The Bertz CT molecular complexity index is 520. The van der Waals surface area contributed by atoms with Gasteiger partial charge < -0.3 is 5.73 Å². The Morgan fingerprint density at radius 2 is 1.82 bits per heavy atom. The van der Waals surface area contributed by atoms with Crippen LogP contribution in [0, 0.1) is 0 Å². The van der Waals surface area contributed by atoms with Gasteiger partial charge in [-0.2, -0.15) is 13.2 Å². The van der Waals surface area contributed by atoms with Crippen LogP contribution in [0.3, 0.4) is 0 Å². The lowest BCUT2D eigenvalue weighted by molar-refractivity contribution is -0.137. The molecule has 3 nitrogen and oxygen atoms in total. The smallest absolute Gasteiger partial charge is 0.384 e. The van der Waals surface area contributed by atoms with Crippen LogP contribution < -0.4 is 5.73 Å². The molecule has 2 aromatic rings. The first-order valence-corrected chi connectivity index (χ1v) is 4.71. The Kier molecular flexibility index (Phi) is 2.71. The molecule has 0 bridgehead atoms. The summed E-state index contributed by atoms with van der Waals surface area (Å²) in [7, 11) is 0. The van der Waals surface area contributed by atoms with Crippen molar-refractivity contribution in [3.63, 3.8) is 0 Å². The molecule has 88 valence electrons. The van der Waals surface area contributed by atoms with Gasteiger partial charge >= 0.3 is 6.18 Å². The second-order valence-corrected chi connectivity index (χ2v) is 3.39. The standard InChI is InChI=1S/C11H8F3N3/c12-11(13,14)9-3-4-16-6-8(9)7-1-2-10(15)17-5-7/h1-6H,(H2,15,17). The van der Waals surface area contributed by atoms with Crippen LogP contribution in [0.15, 0.2) is 36.8 Å². The Morgan fingerprint density at radius 1 is 1.06 bits per heavy atom. The van der Waals surface area contributed by atoms with Crippen molar-refractivity contribution < 1.29 is 13.2 Å². The molecule has 0 saturated heterocycles. The summed E-state index contributed by atoms with van der Waals surface area (Å²) in [5.41, 5.74) is 4.97. The van der Waals surface area contributed by atoms with Crippen molar-refractivity contribution in [3.8, 4) is 11.1 Å². The van der Waals surface area contributed by atoms with Crippen LogP contribution in [0.1, 0.15) is 5.56 Å². The third-order valence-corrected chi connectivity index (χ3v) is 2.22. The summed E-state index contributed by atoms with van der Waals surface area (Å²) in [4.78, 5) is 7.46. The number of halogens is 3. The van der Waals surface area contributed by atoms with Crippen molar-refractivity contribution in [2.24, 2.45) is 0 Å². The molecule has 0 fully saturated rings. The van der Waals surface area contributed by atoms with Gasteiger partial charge in [0.15, 0.2) is 0 Å². The fourth-order valence-electron chi connectivity index (χ4n) is 1.44. The van der Waals surface area contributed by atoms with Crippen molar-refractivity contribution in [2.45, 2.75) is 6.18 Å². The SMILES string of the molecule is Nc1ccc(-c2cnccc2C(F)(F)F)cn1. The van der Waals surface area contributed by atoms with E-state index in [0.717, 1.165) is 18.5 Å². The number of alkyl halides is 3. The maximum atomic E-state index is 12.7. The highest BCUT2D eigenvalue weighted by atomic mass is 19.4. The summed E-state index contributed by atoms with van der Waals surface area (Å²) < 4.78 is 38.2. The molecular formula is C11H8F3N3. The maximum Gasteiger partial charge on any atom is 0.417 e. The van der Waals surface area contributed by atoms with Gasteiger partial charge in [-0.25, -0.2) is 4.98 Å². The Labute approximate surface area is 95.1 Å². The molecule has 0 radical (unpaired) electrons. The minimum Gasteiger partial charge on any atom is -0.384 e. The van der Waals surface area contributed by atoms with Crippen LogP contribution in [-0.2, 0) is 6.18 Å². The van der Waals surface area contributed by atoms with Crippen molar-refractivity contribution in [1.29, 1.82) is 0 Å². The van der Waals surface area contributed by atoms with E-state index in [4.69, 9.17) is 5.73 Å². The molecule has 0 aliphatic carbocycles. The lowest BCUT2D eigenvalue weighted by Crippen LogP contribution is -2.07. The molecule has 2 rings (SSSR count). The first-order valence-electron chi connectivity index (χ1n) is 4.71. The maximum absolute atomic E-state index is 12.7. The van der Waals surface area contributed by atoms with E-state index < -0.39 is 11.7 Å². The van der Waals surface area contributed by atoms with Crippen LogP contribution in [0.2, 0.25) is 0 Å². The average molecular weight is 239 g/mol.